The Labute approximate surface area is 153 Å². The van der Waals surface area contributed by atoms with Gasteiger partial charge in [-0.05, 0) is 52.9 Å². The second-order valence-electron chi connectivity index (χ2n) is 4.66. The summed E-state index contributed by atoms with van der Waals surface area (Å²) in [5, 5.41) is 3.98. The molecule has 0 unspecified atom stereocenters. The second-order valence-corrected chi connectivity index (χ2v) is 5.82. The van der Waals surface area contributed by atoms with Crippen molar-refractivity contribution in [2.24, 2.45) is 5.10 Å². The van der Waals surface area contributed by atoms with E-state index in [1.807, 2.05) is 0 Å². The van der Waals surface area contributed by atoms with Crippen molar-refractivity contribution in [3.8, 4) is 17.2 Å². The van der Waals surface area contributed by atoms with E-state index < -0.39 is 0 Å². The van der Waals surface area contributed by atoms with E-state index in [1.165, 1.54) is 6.21 Å². The molecule has 0 atom stereocenters. The van der Waals surface area contributed by atoms with Gasteiger partial charge in [0, 0.05) is 17.2 Å². The van der Waals surface area contributed by atoms with Crippen molar-refractivity contribution in [2.75, 3.05) is 21.3 Å². The molecule has 126 valence electrons. The highest BCUT2D eigenvalue weighted by atomic mass is 127. The predicted octanol–water partition coefficient (Wildman–Crippen LogP) is 3.08. The molecule has 2 aromatic rings. The Hall–Kier alpha value is -2.29. The summed E-state index contributed by atoms with van der Waals surface area (Å²) in [6, 6.07) is 10.5. The summed E-state index contributed by atoms with van der Waals surface area (Å²) in [6.45, 7) is 0. The van der Waals surface area contributed by atoms with Crippen molar-refractivity contribution in [1.29, 1.82) is 0 Å². The first kappa shape index (κ1) is 18.1. The Morgan fingerprint density at radius 1 is 1.04 bits per heavy atom. The van der Waals surface area contributed by atoms with Crippen LogP contribution in [0.25, 0.3) is 0 Å². The van der Waals surface area contributed by atoms with Crippen molar-refractivity contribution >= 4 is 34.7 Å². The summed E-state index contributed by atoms with van der Waals surface area (Å²) in [4.78, 5) is 12.1. The fourth-order valence-electron chi connectivity index (χ4n) is 1.96. The van der Waals surface area contributed by atoms with Crippen LogP contribution >= 0.6 is 22.6 Å². The first-order valence-corrected chi connectivity index (χ1v) is 8.06. The quantitative estimate of drug-likeness (QED) is 0.426. The zero-order valence-corrected chi connectivity index (χ0v) is 15.7. The second kappa shape index (κ2) is 8.53. The number of carbonyl (C=O) groups excluding carboxylic acids is 1. The molecule has 0 aliphatic heterocycles. The molecule has 0 aliphatic rings. The van der Waals surface area contributed by atoms with Gasteiger partial charge in [0.25, 0.3) is 5.91 Å². The minimum Gasteiger partial charge on any atom is -0.497 e. The highest BCUT2D eigenvalue weighted by Gasteiger charge is 2.08. The van der Waals surface area contributed by atoms with E-state index in [9.17, 15) is 4.79 Å². The Kier molecular flexibility index (Phi) is 6.42. The van der Waals surface area contributed by atoms with Crippen molar-refractivity contribution in [2.45, 2.75) is 0 Å². The lowest BCUT2D eigenvalue weighted by Gasteiger charge is -2.07. The van der Waals surface area contributed by atoms with Crippen LogP contribution in [0.3, 0.4) is 0 Å². The van der Waals surface area contributed by atoms with Gasteiger partial charge in [0.2, 0.25) is 0 Å². The van der Waals surface area contributed by atoms with Gasteiger partial charge in [-0.25, -0.2) is 5.43 Å². The smallest absolute Gasteiger partial charge is 0.271 e. The monoisotopic (exact) mass is 440 g/mol. The number of hydrazone groups is 1. The number of rotatable bonds is 6. The van der Waals surface area contributed by atoms with Crippen molar-refractivity contribution < 1.29 is 19.0 Å². The van der Waals surface area contributed by atoms with E-state index in [0.29, 0.717) is 17.1 Å². The average Bonchev–Trinajstić information content (AvgIpc) is 2.61. The van der Waals surface area contributed by atoms with Gasteiger partial charge < -0.3 is 14.2 Å². The SMILES string of the molecule is COc1ccc(C=NNC(=O)c2ccc(OC)c(I)c2)c(OC)c1. The van der Waals surface area contributed by atoms with Crippen molar-refractivity contribution in [3.63, 3.8) is 0 Å². The molecular weight excluding hydrogens is 423 g/mol. The zero-order valence-electron chi connectivity index (χ0n) is 13.5. The summed E-state index contributed by atoms with van der Waals surface area (Å²) in [7, 11) is 4.73. The fourth-order valence-corrected chi connectivity index (χ4v) is 2.69. The van der Waals surface area contributed by atoms with Crippen LogP contribution in [0.15, 0.2) is 41.5 Å². The number of ether oxygens (including phenoxy) is 3. The van der Waals surface area contributed by atoms with E-state index in [1.54, 1.807) is 57.7 Å². The van der Waals surface area contributed by atoms with Crippen LogP contribution in [-0.4, -0.2) is 33.5 Å². The molecule has 0 spiro atoms. The molecule has 0 heterocycles. The fraction of sp³-hybridized carbons (Fsp3) is 0.176. The van der Waals surface area contributed by atoms with Crippen LogP contribution in [0.1, 0.15) is 15.9 Å². The van der Waals surface area contributed by atoms with E-state index >= 15 is 0 Å². The third-order valence-electron chi connectivity index (χ3n) is 3.22. The summed E-state index contributed by atoms with van der Waals surface area (Å²) in [5.74, 6) is 1.70. The van der Waals surface area contributed by atoms with E-state index in [-0.39, 0.29) is 5.91 Å². The zero-order chi connectivity index (χ0) is 17.5. The number of hydrogen-bond donors (Lipinski definition) is 1. The molecule has 0 saturated heterocycles. The molecule has 1 N–H and O–H groups in total. The molecule has 0 aliphatic carbocycles. The molecule has 0 radical (unpaired) electrons. The van der Waals surface area contributed by atoms with E-state index in [4.69, 9.17) is 14.2 Å². The first-order chi connectivity index (χ1) is 11.6. The van der Waals surface area contributed by atoms with Gasteiger partial charge in [0.05, 0.1) is 31.1 Å². The van der Waals surface area contributed by atoms with Gasteiger partial charge >= 0.3 is 0 Å². The van der Waals surface area contributed by atoms with Crippen LogP contribution in [0.2, 0.25) is 0 Å². The van der Waals surface area contributed by atoms with Crippen LogP contribution in [0.4, 0.5) is 0 Å². The lowest BCUT2D eigenvalue weighted by Crippen LogP contribution is -2.17. The molecular formula is C17H17IN2O4. The maximum absolute atomic E-state index is 12.1. The topological polar surface area (TPSA) is 69.2 Å². The molecule has 24 heavy (non-hydrogen) atoms. The molecule has 7 heteroatoms. The Morgan fingerprint density at radius 2 is 1.79 bits per heavy atom. The number of benzene rings is 2. The van der Waals surface area contributed by atoms with Gasteiger partial charge in [-0.15, -0.1) is 0 Å². The molecule has 0 aromatic heterocycles. The number of halogens is 1. The van der Waals surface area contributed by atoms with E-state index in [2.05, 4.69) is 33.1 Å². The van der Waals surface area contributed by atoms with Crippen molar-refractivity contribution in [3.05, 3.63) is 51.1 Å². The molecule has 2 rings (SSSR count). The van der Waals surface area contributed by atoms with Gasteiger partial charge in [-0.2, -0.15) is 5.10 Å². The van der Waals surface area contributed by atoms with Crippen LogP contribution < -0.4 is 19.6 Å². The minimum absolute atomic E-state index is 0.306. The Bertz CT molecular complexity index is 762. The first-order valence-electron chi connectivity index (χ1n) is 6.98. The van der Waals surface area contributed by atoms with Crippen LogP contribution in [-0.2, 0) is 0 Å². The minimum atomic E-state index is -0.306. The Morgan fingerprint density at radius 3 is 2.42 bits per heavy atom. The maximum Gasteiger partial charge on any atom is 0.271 e. The number of carbonyl (C=O) groups is 1. The van der Waals surface area contributed by atoms with Crippen LogP contribution in [0, 0.1) is 3.57 Å². The highest BCUT2D eigenvalue weighted by molar-refractivity contribution is 14.1. The maximum atomic E-state index is 12.1. The van der Waals surface area contributed by atoms with E-state index in [0.717, 1.165) is 14.9 Å². The van der Waals surface area contributed by atoms with Crippen molar-refractivity contribution in [1.82, 2.24) is 5.43 Å². The molecule has 0 bridgehead atoms. The third-order valence-corrected chi connectivity index (χ3v) is 4.07. The number of amides is 1. The molecule has 1 amide bonds. The number of methoxy groups -OCH3 is 3. The lowest BCUT2D eigenvalue weighted by molar-refractivity contribution is 0.0955. The van der Waals surface area contributed by atoms with Crippen LogP contribution in [0.5, 0.6) is 17.2 Å². The van der Waals surface area contributed by atoms with Gasteiger partial charge in [-0.3, -0.25) is 4.79 Å². The lowest BCUT2D eigenvalue weighted by atomic mass is 10.2. The number of hydrogen-bond acceptors (Lipinski definition) is 5. The average molecular weight is 440 g/mol. The summed E-state index contributed by atoms with van der Waals surface area (Å²) < 4.78 is 16.4. The summed E-state index contributed by atoms with van der Waals surface area (Å²) in [5.41, 5.74) is 3.72. The summed E-state index contributed by atoms with van der Waals surface area (Å²) >= 11 is 2.11. The standard InChI is InChI=1S/C17H17IN2O4/c1-22-13-6-4-12(16(9-13)24-3)10-19-20-17(21)11-5-7-15(23-2)14(18)8-11/h4-10H,1-3H3,(H,20,21). The number of nitrogens with zero attached hydrogens (tertiary/aromatic N) is 1. The highest BCUT2D eigenvalue weighted by Crippen LogP contribution is 2.23. The summed E-state index contributed by atoms with van der Waals surface area (Å²) in [6.07, 6.45) is 1.52. The molecule has 0 fully saturated rings. The largest absolute Gasteiger partial charge is 0.497 e. The molecule has 2 aromatic carbocycles. The van der Waals surface area contributed by atoms with Gasteiger partial charge in [0.1, 0.15) is 17.2 Å². The Balaban J connectivity index is 2.08. The normalized spacial score (nSPS) is 10.5. The number of nitrogens with one attached hydrogen (secondary N) is 1. The molecule has 0 saturated carbocycles. The third kappa shape index (κ3) is 4.38. The predicted molar refractivity (Wildman–Crippen MR) is 100 cm³/mol. The van der Waals surface area contributed by atoms with Gasteiger partial charge in [-0.1, -0.05) is 0 Å². The molecule has 6 nitrogen and oxygen atoms in total. The van der Waals surface area contributed by atoms with Gasteiger partial charge in [0.15, 0.2) is 0 Å².